The average Bonchev–Trinajstić information content (AvgIpc) is 2.96. The number of esters is 1. The van der Waals surface area contributed by atoms with Gasteiger partial charge in [-0.25, -0.2) is 4.39 Å². The zero-order chi connectivity index (χ0) is 18.5. The Morgan fingerprint density at radius 2 is 2.08 bits per heavy atom. The number of ether oxygens (including phenoxy) is 1. The summed E-state index contributed by atoms with van der Waals surface area (Å²) in [6, 6.07) is 0. The number of halogens is 1. The third-order valence-corrected chi connectivity index (χ3v) is 4.09. The first-order chi connectivity index (χ1) is 12.1. The van der Waals surface area contributed by atoms with E-state index in [0.29, 0.717) is 18.4 Å². The van der Waals surface area contributed by atoms with Crippen LogP contribution in [0.3, 0.4) is 0 Å². The van der Waals surface area contributed by atoms with Gasteiger partial charge in [-0.3, -0.25) is 9.59 Å². The first-order valence-electron chi connectivity index (χ1n) is 9.01. The van der Waals surface area contributed by atoms with Gasteiger partial charge in [0.25, 0.3) is 0 Å². The second kappa shape index (κ2) is 12.4. The van der Waals surface area contributed by atoms with E-state index in [1.54, 1.807) is 12.2 Å². The van der Waals surface area contributed by atoms with Crippen LogP contribution < -0.4 is 0 Å². The van der Waals surface area contributed by atoms with Crippen LogP contribution >= 0.6 is 0 Å². The van der Waals surface area contributed by atoms with Crippen LogP contribution in [0.5, 0.6) is 0 Å². The van der Waals surface area contributed by atoms with Crippen molar-refractivity contribution >= 4 is 11.8 Å². The Hall–Kier alpha value is -1.97. The van der Waals surface area contributed by atoms with Crippen LogP contribution in [0.1, 0.15) is 51.9 Å². The Morgan fingerprint density at radius 1 is 1.28 bits per heavy atom. The van der Waals surface area contributed by atoms with E-state index in [0.717, 1.165) is 25.7 Å². The number of allylic oxidation sites excluding steroid dienone is 8. The highest BCUT2D eigenvalue weighted by atomic mass is 19.1. The minimum atomic E-state index is -0.946. The Bertz CT molecular complexity index is 543. The van der Waals surface area contributed by atoms with Gasteiger partial charge in [0.2, 0.25) is 0 Å². The fourth-order valence-electron chi connectivity index (χ4n) is 2.63. The molecule has 0 radical (unpaired) electrons. The second-order valence-electron chi connectivity index (χ2n) is 6.11. The monoisotopic (exact) mass is 348 g/mol. The summed E-state index contributed by atoms with van der Waals surface area (Å²) in [5.41, 5.74) is 0.696. The van der Waals surface area contributed by atoms with Crippen molar-refractivity contribution in [2.75, 3.05) is 7.11 Å². The van der Waals surface area contributed by atoms with Gasteiger partial charge in [0.15, 0.2) is 5.78 Å². The summed E-state index contributed by atoms with van der Waals surface area (Å²) in [5, 5.41) is 0. The summed E-state index contributed by atoms with van der Waals surface area (Å²) in [5.74, 6) is -0.180. The quantitative estimate of drug-likeness (QED) is 0.227. The molecule has 0 fully saturated rings. The first kappa shape index (κ1) is 21.1. The van der Waals surface area contributed by atoms with Crippen molar-refractivity contribution in [3.05, 3.63) is 48.1 Å². The van der Waals surface area contributed by atoms with Crippen LogP contribution in [0.25, 0.3) is 0 Å². The van der Waals surface area contributed by atoms with Crippen molar-refractivity contribution in [1.82, 2.24) is 0 Å². The molecule has 0 amide bonds. The van der Waals surface area contributed by atoms with Gasteiger partial charge >= 0.3 is 5.97 Å². The second-order valence-corrected chi connectivity index (χ2v) is 6.11. The normalized spacial score (nSPS) is 20.2. The molecule has 3 nitrogen and oxygen atoms in total. The van der Waals surface area contributed by atoms with Crippen molar-refractivity contribution in [2.45, 2.75) is 58.0 Å². The maximum Gasteiger partial charge on any atom is 0.305 e. The molecule has 0 aromatic heterocycles. The van der Waals surface area contributed by atoms with E-state index in [-0.39, 0.29) is 24.1 Å². The van der Waals surface area contributed by atoms with Crippen LogP contribution in [-0.2, 0) is 14.3 Å². The third-order valence-electron chi connectivity index (χ3n) is 4.09. The fraction of sp³-hybridized carbons (Fsp3) is 0.524. The van der Waals surface area contributed by atoms with Gasteiger partial charge in [-0.05, 0) is 44.6 Å². The predicted molar refractivity (Wildman–Crippen MR) is 98.9 cm³/mol. The average molecular weight is 348 g/mol. The molecule has 0 N–H and O–H groups in total. The maximum absolute atomic E-state index is 13.8. The van der Waals surface area contributed by atoms with Crippen molar-refractivity contribution in [3.8, 4) is 0 Å². The van der Waals surface area contributed by atoms with Crippen LogP contribution in [0.15, 0.2) is 48.1 Å². The summed E-state index contributed by atoms with van der Waals surface area (Å²) >= 11 is 0. The summed E-state index contributed by atoms with van der Waals surface area (Å²) < 4.78 is 18.4. The standard InChI is InChI=1S/C21H29FO3/c1-3-4-7-11-18(22)14-15-19-17(13-16-20(19)23)10-8-5-6-9-12-21(24)25-2/h4-5,7-8,13,15-18H,3,6,9-12,14H2,1-2H3/b7-4-,8-5-,19-15+/t17-,18-/m0/s1. The predicted octanol–water partition coefficient (Wildman–Crippen LogP) is 5.04. The molecule has 25 heavy (non-hydrogen) atoms. The van der Waals surface area contributed by atoms with Crippen LogP contribution in [0, 0.1) is 5.92 Å². The van der Waals surface area contributed by atoms with Gasteiger partial charge in [0, 0.05) is 17.9 Å². The number of carbonyl (C=O) groups is 2. The molecule has 4 heteroatoms. The smallest absolute Gasteiger partial charge is 0.305 e. The van der Waals surface area contributed by atoms with E-state index in [4.69, 9.17) is 0 Å². The van der Waals surface area contributed by atoms with E-state index >= 15 is 0 Å². The molecule has 2 atom stereocenters. The third kappa shape index (κ3) is 8.62. The number of unbranched alkanes of at least 4 members (excludes halogenated alkanes) is 1. The Kier molecular flexibility index (Phi) is 10.5. The van der Waals surface area contributed by atoms with E-state index in [9.17, 15) is 14.0 Å². The molecule has 0 spiro atoms. The molecule has 0 saturated heterocycles. The zero-order valence-corrected chi connectivity index (χ0v) is 15.2. The van der Waals surface area contributed by atoms with Crippen LogP contribution in [0.4, 0.5) is 4.39 Å². The first-order valence-corrected chi connectivity index (χ1v) is 9.01. The number of methoxy groups -OCH3 is 1. The van der Waals surface area contributed by atoms with E-state index in [1.807, 2.05) is 37.3 Å². The number of hydrogen-bond donors (Lipinski definition) is 0. The number of carbonyl (C=O) groups excluding carboxylic acids is 2. The molecule has 0 aliphatic heterocycles. The van der Waals surface area contributed by atoms with Gasteiger partial charge < -0.3 is 4.74 Å². The lowest BCUT2D eigenvalue weighted by Gasteiger charge is -2.09. The van der Waals surface area contributed by atoms with Crippen molar-refractivity contribution in [1.29, 1.82) is 0 Å². The summed E-state index contributed by atoms with van der Waals surface area (Å²) in [7, 11) is 1.39. The molecule has 1 aliphatic carbocycles. The number of hydrogen-bond acceptors (Lipinski definition) is 3. The summed E-state index contributed by atoms with van der Waals surface area (Å²) in [6.45, 7) is 2.02. The minimum Gasteiger partial charge on any atom is -0.469 e. The van der Waals surface area contributed by atoms with Crippen LogP contribution in [-0.4, -0.2) is 25.0 Å². The zero-order valence-electron chi connectivity index (χ0n) is 15.2. The molecule has 1 aliphatic rings. The lowest BCUT2D eigenvalue weighted by atomic mass is 9.96. The van der Waals surface area contributed by atoms with Gasteiger partial charge in [0.1, 0.15) is 6.17 Å². The number of ketones is 1. The lowest BCUT2D eigenvalue weighted by molar-refractivity contribution is -0.140. The SMILES string of the molecule is CC/C=C\C[C@H](F)C/C=C1/C(=O)C=C[C@@H]1C/C=C\CCCC(=O)OC. The molecule has 0 aromatic rings. The van der Waals surface area contributed by atoms with Gasteiger partial charge in [0.05, 0.1) is 7.11 Å². The lowest BCUT2D eigenvalue weighted by Crippen LogP contribution is -2.04. The maximum atomic E-state index is 13.8. The Balaban J connectivity index is 2.40. The van der Waals surface area contributed by atoms with Gasteiger partial charge in [-0.2, -0.15) is 0 Å². The van der Waals surface area contributed by atoms with E-state index in [2.05, 4.69) is 4.74 Å². The molecule has 0 bridgehead atoms. The molecule has 1 rings (SSSR count). The number of alkyl halides is 1. The molecule has 0 saturated carbocycles. The highest BCUT2D eigenvalue weighted by Gasteiger charge is 2.21. The van der Waals surface area contributed by atoms with Crippen molar-refractivity contribution in [2.24, 2.45) is 5.92 Å². The molecule has 0 unspecified atom stereocenters. The van der Waals surface area contributed by atoms with E-state index < -0.39 is 6.17 Å². The minimum absolute atomic E-state index is 0.0135. The highest BCUT2D eigenvalue weighted by Crippen LogP contribution is 2.26. The topological polar surface area (TPSA) is 43.4 Å². The largest absolute Gasteiger partial charge is 0.469 e. The molecular weight excluding hydrogens is 319 g/mol. The van der Waals surface area contributed by atoms with Gasteiger partial charge in [-0.15, -0.1) is 0 Å². The molecule has 0 heterocycles. The summed E-state index contributed by atoms with van der Waals surface area (Å²) in [6.07, 6.45) is 16.4. The molecule has 138 valence electrons. The summed E-state index contributed by atoms with van der Waals surface area (Å²) in [4.78, 5) is 22.9. The van der Waals surface area contributed by atoms with Crippen molar-refractivity contribution in [3.63, 3.8) is 0 Å². The van der Waals surface area contributed by atoms with E-state index in [1.165, 1.54) is 7.11 Å². The Morgan fingerprint density at radius 3 is 2.80 bits per heavy atom. The Labute approximate surface area is 150 Å². The fourth-order valence-corrected chi connectivity index (χ4v) is 2.63. The number of rotatable bonds is 11. The van der Waals surface area contributed by atoms with Crippen LogP contribution in [0.2, 0.25) is 0 Å². The van der Waals surface area contributed by atoms with Gasteiger partial charge in [-0.1, -0.05) is 43.4 Å². The highest BCUT2D eigenvalue weighted by molar-refractivity contribution is 6.07. The molecular formula is C21H29FO3. The molecule has 0 aromatic carbocycles. The van der Waals surface area contributed by atoms with Crippen molar-refractivity contribution < 1.29 is 18.7 Å².